The van der Waals surface area contributed by atoms with Crippen molar-refractivity contribution >= 4 is 27.6 Å². The van der Waals surface area contributed by atoms with Crippen LogP contribution in [0, 0.1) is 6.92 Å². The van der Waals surface area contributed by atoms with Crippen molar-refractivity contribution in [2.24, 2.45) is 0 Å². The minimum absolute atomic E-state index is 0.0341. The van der Waals surface area contributed by atoms with Crippen molar-refractivity contribution in [3.63, 3.8) is 0 Å². The Balaban J connectivity index is 2.05. The lowest BCUT2D eigenvalue weighted by molar-refractivity contribution is -0.137. The third-order valence-corrected chi connectivity index (χ3v) is 3.89. The fraction of sp³-hybridized carbons (Fsp3) is 0.235. The van der Waals surface area contributed by atoms with Gasteiger partial charge in [0.2, 0.25) is 0 Å². The normalized spacial score (nSPS) is 11.1. The van der Waals surface area contributed by atoms with Crippen molar-refractivity contribution < 1.29 is 22.7 Å². The summed E-state index contributed by atoms with van der Waals surface area (Å²) < 4.78 is 44.1. The predicted octanol–water partition coefficient (Wildman–Crippen LogP) is 5.11. The van der Waals surface area contributed by atoms with Crippen molar-refractivity contribution in [1.29, 1.82) is 0 Å². The predicted molar refractivity (Wildman–Crippen MR) is 92.7 cm³/mol. The number of carbonyl (C=O) groups excluding carboxylic acids is 1. The highest BCUT2D eigenvalue weighted by molar-refractivity contribution is 9.10. The van der Waals surface area contributed by atoms with E-state index in [0.29, 0.717) is 17.0 Å². The standard InChI is InChI=1S/C17H16BrF3N2O2/c1-10-6-13(18)8-14(25-2)15(10)23-16(24)22-9-11-4-3-5-12(7-11)17(19,20)21/h3-8H,9H2,1-2H3,(H2,22,23,24). The summed E-state index contributed by atoms with van der Waals surface area (Å²) >= 11 is 3.34. The zero-order valence-electron chi connectivity index (χ0n) is 13.5. The van der Waals surface area contributed by atoms with E-state index in [4.69, 9.17) is 4.74 Å². The van der Waals surface area contributed by atoms with Crippen molar-refractivity contribution in [2.75, 3.05) is 12.4 Å². The van der Waals surface area contributed by atoms with Gasteiger partial charge in [-0.1, -0.05) is 28.1 Å². The number of anilines is 1. The number of amides is 2. The van der Waals surface area contributed by atoms with Crippen LogP contribution in [0.3, 0.4) is 0 Å². The van der Waals surface area contributed by atoms with Gasteiger partial charge in [0.15, 0.2) is 0 Å². The average Bonchev–Trinajstić information content (AvgIpc) is 2.54. The molecule has 0 radical (unpaired) electrons. The topological polar surface area (TPSA) is 50.4 Å². The number of ether oxygens (including phenoxy) is 1. The molecule has 2 rings (SSSR count). The van der Waals surface area contributed by atoms with Gasteiger partial charge in [0.25, 0.3) is 0 Å². The van der Waals surface area contributed by atoms with Gasteiger partial charge in [-0.2, -0.15) is 13.2 Å². The minimum atomic E-state index is -4.42. The van der Waals surface area contributed by atoms with Crippen LogP contribution in [0.2, 0.25) is 0 Å². The van der Waals surface area contributed by atoms with Crippen LogP contribution in [-0.2, 0) is 12.7 Å². The molecule has 25 heavy (non-hydrogen) atoms. The largest absolute Gasteiger partial charge is 0.495 e. The van der Waals surface area contributed by atoms with Crippen molar-refractivity contribution in [1.82, 2.24) is 5.32 Å². The number of urea groups is 1. The number of hydrogen-bond donors (Lipinski definition) is 2. The molecular weight excluding hydrogens is 401 g/mol. The highest BCUT2D eigenvalue weighted by Gasteiger charge is 2.30. The monoisotopic (exact) mass is 416 g/mol. The van der Waals surface area contributed by atoms with E-state index >= 15 is 0 Å². The Morgan fingerprint density at radius 1 is 1.24 bits per heavy atom. The van der Waals surface area contributed by atoms with Crippen molar-refractivity contribution in [2.45, 2.75) is 19.6 Å². The molecule has 2 aromatic rings. The number of rotatable bonds is 4. The van der Waals surface area contributed by atoms with Crippen LogP contribution in [-0.4, -0.2) is 13.1 Å². The third-order valence-electron chi connectivity index (χ3n) is 3.43. The van der Waals surface area contributed by atoms with E-state index in [9.17, 15) is 18.0 Å². The lowest BCUT2D eigenvalue weighted by Crippen LogP contribution is -2.28. The summed E-state index contributed by atoms with van der Waals surface area (Å²) in [6.45, 7) is 1.77. The van der Waals surface area contributed by atoms with Crippen LogP contribution in [0.5, 0.6) is 5.75 Å². The molecule has 0 aliphatic carbocycles. The molecule has 0 aromatic heterocycles. The Hall–Kier alpha value is -2.22. The maximum atomic E-state index is 12.7. The van der Waals surface area contributed by atoms with Gasteiger partial charge in [-0.25, -0.2) is 4.79 Å². The van der Waals surface area contributed by atoms with E-state index < -0.39 is 17.8 Å². The van der Waals surface area contributed by atoms with Gasteiger partial charge in [0.05, 0.1) is 18.4 Å². The van der Waals surface area contributed by atoms with Gasteiger partial charge in [-0.15, -0.1) is 0 Å². The first-order valence-corrected chi connectivity index (χ1v) is 8.05. The number of benzene rings is 2. The number of methoxy groups -OCH3 is 1. The van der Waals surface area contributed by atoms with E-state index in [1.54, 1.807) is 13.0 Å². The van der Waals surface area contributed by atoms with Gasteiger partial charge in [0, 0.05) is 11.0 Å². The van der Waals surface area contributed by atoms with Crippen LogP contribution in [0.1, 0.15) is 16.7 Å². The van der Waals surface area contributed by atoms with E-state index in [2.05, 4.69) is 26.6 Å². The first-order chi connectivity index (χ1) is 11.7. The molecule has 0 aliphatic heterocycles. The molecule has 2 aromatic carbocycles. The zero-order chi connectivity index (χ0) is 18.6. The Morgan fingerprint density at radius 3 is 2.60 bits per heavy atom. The van der Waals surface area contributed by atoms with Gasteiger partial charge in [-0.05, 0) is 42.3 Å². The quantitative estimate of drug-likeness (QED) is 0.727. The molecule has 0 saturated heterocycles. The summed E-state index contributed by atoms with van der Waals surface area (Å²) in [7, 11) is 1.48. The smallest absolute Gasteiger partial charge is 0.416 e. The molecule has 0 saturated carbocycles. The molecule has 4 nitrogen and oxygen atoms in total. The fourth-order valence-electron chi connectivity index (χ4n) is 2.23. The summed E-state index contributed by atoms with van der Waals surface area (Å²) in [6, 6.07) is 7.79. The summed E-state index contributed by atoms with van der Waals surface area (Å²) in [5.74, 6) is 0.473. The molecule has 0 spiro atoms. The lowest BCUT2D eigenvalue weighted by atomic mass is 10.1. The molecule has 0 heterocycles. The summed E-state index contributed by atoms with van der Waals surface area (Å²) in [5.41, 5.74) is 0.870. The maximum Gasteiger partial charge on any atom is 0.416 e. The molecule has 2 N–H and O–H groups in total. The van der Waals surface area contributed by atoms with Crippen LogP contribution >= 0.6 is 15.9 Å². The maximum absolute atomic E-state index is 12.7. The Kier molecular flexibility index (Phi) is 5.94. The van der Waals surface area contributed by atoms with Gasteiger partial charge in [-0.3, -0.25) is 0 Å². The van der Waals surface area contributed by atoms with Crippen LogP contribution < -0.4 is 15.4 Å². The first kappa shape index (κ1) is 19.1. The van der Waals surface area contributed by atoms with E-state index in [0.717, 1.165) is 22.2 Å². The minimum Gasteiger partial charge on any atom is -0.495 e. The zero-order valence-corrected chi connectivity index (χ0v) is 15.1. The molecule has 134 valence electrons. The summed E-state index contributed by atoms with van der Waals surface area (Å²) in [4.78, 5) is 12.1. The summed E-state index contributed by atoms with van der Waals surface area (Å²) in [6.07, 6.45) is -4.42. The van der Waals surface area contributed by atoms with Gasteiger partial charge >= 0.3 is 12.2 Å². The number of hydrogen-bond acceptors (Lipinski definition) is 2. The van der Waals surface area contributed by atoms with E-state index in [1.165, 1.54) is 19.2 Å². The van der Waals surface area contributed by atoms with Crippen LogP contribution in [0.15, 0.2) is 40.9 Å². The van der Waals surface area contributed by atoms with Gasteiger partial charge in [0.1, 0.15) is 5.75 Å². The second-order valence-corrected chi connectivity index (χ2v) is 6.22. The Morgan fingerprint density at radius 2 is 1.96 bits per heavy atom. The second-order valence-electron chi connectivity index (χ2n) is 5.31. The van der Waals surface area contributed by atoms with E-state index in [1.807, 2.05) is 6.07 Å². The molecule has 2 amide bonds. The van der Waals surface area contributed by atoms with Crippen molar-refractivity contribution in [3.05, 3.63) is 57.6 Å². The Bertz CT molecular complexity index is 779. The molecule has 0 atom stereocenters. The van der Waals surface area contributed by atoms with Crippen molar-refractivity contribution in [3.8, 4) is 5.75 Å². The van der Waals surface area contributed by atoms with Gasteiger partial charge < -0.3 is 15.4 Å². The van der Waals surface area contributed by atoms with E-state index in [-0.39, 0.29) is 6.54 Å². The number of nitrogens with one attached hydrogen (secondary N) is 2. The molecular formula is C17H16BrF3N2O2. The number of aryl methyl sites for hydroxylation is 1. The lowest BCUT2D eigenvalue weighted by Gasteiger charge is -2.14. The average molecular weight is 417 g/mol. The van der Waals surface area contributed by atoms with Crippen LogP contribution in [0.25, 0.3) is 0 Å². The number of carbonyl (C=O) groups is 1. The van der Waals surface area contributed by atoms with Crippen LogP contribution in [0.4, 0.5) is 23.7 Å². The number of halogens is 4. The SMILES string of the molecule is COc1cc(Br)cc(C)c1NC(=O)NCc1cccc(C(F)(F)F)c1. The highest BCUT2D eigenvalue weighted by Crippen LogP contribution is 2.32. The molecule has 0 bridgehead atoms. The third kappa shape index (κ3) is 5.12. The molecule has 0 unspecified atom stereocenters. The highest BCUT2D eigenvalue weighted by atomic mass is 79.9. The second kappa shape index (κ2) is 7.77. The first-order valence-electron chi connectivity index (χ1n) is 7.26. The summed E-state index contributed by atoms with van der Waals surface area (Å²) in [5, 5.41) is 5.19. The fourth-order valence-corrected chi connectivity index (χ4v) is 2.78. The Labute approximate surface area is 151 Å². The molecule has 0 aliphatic rings. The molecule has 0 fully saturated rings. The number of alkyl halides is 3. The molecule has 8 heteroatoms.